The van der Waals surface area contributed by atoms with Gasteiger partial charge < -0.3 is 26.2 Å². The summed E-state index contributed by atoms with van der Waals surface area (Å²) >= 11 is 0. The van der Waals surface area contributed by atoms with Crippen LogP contribution in [0.2, 0.25) is 0 Å². The molecule has 46 heavy (non-hydrogen) atoms. The molecule has 5 N–H and O–H groups in total. The molecule has 3 aromatic rings. The largest absolute Gasteiger partial charge is 0.490 e. The van der Waals surface area contributed by atoms with E-state index in [0.717, 1.165) is 16.7 Å². The number of alkyl halides is 3. The van der Waals surface area contributed by atoms with Crippen LogP contribution in [-0.2, 0) is 43.4 Å². The summed E-state index contributed by atoms with van der Waals surface area (Å²) in [7, 11) is 0. The SMILES string of the molecule is CC(C)C[C@@H](NC(=O)[C@H](N)CCc1ccccc1)C(=O)N[C@@H](Cc1ccccc1)C(=O)OCc1ccccc1.O=C(O)C(F)(F)F. The summed E-state index contributed by atoms with van der Waals surface area (Å²) in [4.78, 5) is 48.3. The van der Waals surface area contributed by atoms with Gasteiger partial charge in [0.1, 0.15) is 18.7 Å². The molecule has 0 aliphatic rings. The first kappa shape index (κ1) is 37.5. The molecule has 3 aromatic carbocycles. The van der Waals surface area contributed by atoms with Crippen molar-refractivity contribution in [2.45, 2.75) is 70.4 Å². The van der Waals surface area contributed by atoms with Crippen molar-refractivity contribution in [1.82, 2.24) is 10.6 Å². The molecular formula is C34H40F3N3O6. The molecule has 0 aliphatic heterocycles. The fraction of sp³-hybridized carbons (Fsp3) is 0.353. The third-order valence-electron chi connectivity index (χ3n) is 6.61. The van der Waals surface area contributed by atoms with Crippen LogP contribution in [0.5, 0.6) is 0 Å². The Morgan fingerprint density at radius 2 is 1.22 bits per heavy atom. The number of benzene rings is 3. The molecule has 0 aliphatic carbocycles. The number of aryl methyl sites for hydroxylation is 1. The monoisotopic (exact) mass is 643 g/mol. The predicted octanol–water partition coefficient (Wildman–Crippen LogP) is 4.58. The van der Waals surface area contributed by atoms with Gasteiger partial charge in [0.15, 0.2) is 0 Å². The maximum absolute atomic E-state index is 13.4. The van der Waals surface area contributed by atoms with E-state index in [1.165, 1.54) is 0 Å². The van der Waals surface area contributed by atoms with Gasteiger partial charge in [-0.15, -0.1) is 0 Å². The maximum Gasteiger partial charge on any atom is 0.490 e. The van der Waals surface area contributed by atoms with E-state index in [4.69, 9.17) is 20.4 Å². The van der Waals surface area contributed by atoms with Crippen LogP contribution in [0.4, 0.5) is 13.2 Å². The molecule has 12 heteroatoms. The molecule has 248 valence electrons. The van der Waals surface area contributed by atoms with Crippen molar-refractivity contribution in [3.63, 3.8) is 0 Å². The van der Waals surface area contributed by atoms with E-state index in [1.807, 2.05) is 105 Å². The van der Waals surface area contributed by atoms with Crippen molar-refractivity contribution in [1.29, 1.82) is 0 Å². The molecule has 0 spiro atoms. The van der Waals surface area contributed by atoms with E-state index in [9.17, 15) is 27.6 Å². The molecular weight excluding hydrogens is 603 g/mol. The molecule has 0 saturated heterocycles. The lowest BCUT2D eigenvalue weighted by Crippen LogP contribution is -2.55. The number of esters is 1. The number of carbonyl (C=O) groups excluding carboxylic acids is 3. The Labute approximate surface area is 266 Å². The average Bonchev–Trinajstić information content (AvgIpc) is 3.02. The molecule has 0 aromatic heterocycles. The number of carbonyl (C=O) groups is 4. The number of rotatable bonds is 14. The lowest BCUT2D eigenvalue weighted by Gasteiger charge is -2.25. The van der Waals surface area contributed by atoms with Crippen LogP contribution in [0.1, 0.15) is 43.4 Å². The van der Waals surface area contributed by atoms with Crippen LogP contribution in [0.25, 0.3) is 0 Å². The number of hydrogen-bond acceptors (Lipinski definition) is 6. The Bertz CT molecular complexity index is 1370. The van der Waals surface area contributed by atoms with E-state index in [-0.39, 0.29) is 18.9 Å². The number of nitrogens with one attached hydrogen (secondary N) is 2. The first-order chi connectivity index (χ1) is 21.8. The van der Waals surface area contributed by atoms with E-state index in [1.54, 1.807) is 0 Å². The average molecular weight is 644 g/mol. The van der Waals surface area contributed by atoms with Gasteiger partial charge in [-0.25, -0.2) is 9.59 Å². The van der Waals surface area contributed by atoms with Gasteiger partial charge >= 0.3 is 18.1 Å². The third kappa shape index (κ3) is 14.4. The van der Waals surface area contributed by atoms with Crippen molar-refractivity contribution in [2.24, 2.45) is 11.7 Å². The smallest absolute Gasteiger partial charge is 0.475 e. The molecule has 0 bridgehead atoms. The third-order valence-corrected chi connectivity index (χ3v) is 6.61. The predicted molar refractivity (Wildman–Crippen MR) is 166 cm³/mol. The van der Waals surface area contributed by atoms with Crippen LogP contribution in [0, 0.1) is 5.92 Å². The minimum Gasteiger partial charge on any atom is -0.475 e. The van der Waals surface area contributed by atoms with Crippen LogP contribution < -0.4 is 16.4 Å². The number of halogens is 3. The summed E-state index contributed by atoms with van der Waals surface area (Å²) in [5.74, 6) is -4.00. The second-order valence-corrected chi connectivity index (χ2v) is 11.0. The summed E-state index contributed by atoms with van der Waals surface area (Å²) < 4.78 is 37.3. The maximum atomic E-state index is 13.4. The second-order valence-electron chi connectivity index (χ2n) is 11.0. The van der Waals surface area contributed by atoms with Gasteiger partial charge in [-0.05, 0) is 41.9 Å². The van der Waals surface area contributed by atoms with Gasteiger partial charge in [-0.2, -0.15) is 13.2 Å². The highest BCUT2D eigenvalue weighted by molar-refractivity contribution is 5.92. The van der Waals surface area contributed by atoms with Crippen LogP contribution in [0.3, 0.4) is 0 Å². The number of hydrogen-bond donors (Lipinski definition) is 4. The number of nitrogens with two attached hydrogens (primary N) is 1. The molecule has 2 amide bonds. The summed E-state index contributed by atoms with van der Waals surface area (Å²) in [5.41, 5.74) is 9.00. The Kier molecular flexibility index (Phi) is 15.4. The van der Waals surface area contributed by atoms with Crippen LogP contribution in [-0.4, -0.2) is 53.2 Å². The topological polar surface area (TPSA) is 148 Å². The Morgan fingerprint density at radius 1 is 0.761 bits per heavy atom. The zero-order valence-electron chi connectivity index (χ0n) is 25.7. The first-order valence-electron chi connectivity index (χ1n) is 14.7. The van der Waals surface area contributed by atoms with Crippen molar-refractivity contribution in [2.75, 3.05) is 0 Å². The van der Waals surface area contributed by atoms with Crippen LogP contribution in [0.15, 0.2) is 91.0 Å². The summed E-state index contributed by atoms with van der Waals surface area (Å²) in [6.45, 7) is 4.04. The van der Waals surface area contributed by atoms with Gasteiger partial charge in [0.2, 0.25) is 11.8 Å². The quantitative estimate of drug-likeness (QED) is 0.188. The fourth-order valence-corrected chi connectivity index (χ4v) is 4.22. The lowest BCUT2D eigenvalue weighted by atomic mass is 10.00. The molecule has 0 saturated carbocycles. The van der Waals surface area contributed by atoms with E-state index < -0.39 is 48.1 Å². The summed E-state index contributed by atoms with van der Waals surface area (Å²) in [5, 5.41) is 12.8. The summed E-state index contributed by atoms with van der Waals surface area (Å²) in [6, 6.07) is 26.1. The van der Waals surface area contributed by atoms with E-state index in [2.05, 4.69) is 10.6 Å². The molecule has 3 atom stereocenters. The molecule has 0 radical (unpaired) electrons. The Hall–Kier alpha value is -4.71. The highest BCUT2D eigenvalue weighted by atomic mass is 19.4. The van der Waals surface area contributed by atoms with Gasteiger partial charge in [0, 0.05) is 6.42 Å². The van der Waals surface area contributed by atoms with Gasteiger partial charge in [-0.3, -0.25) is 9.59 Å². The van der Waals surface area contributed by atoms with Crippen molar-refractivity contribution in [3.8, 4) is 0 Å². The molecule has 9 nitrogen and oxygen atoms in total. The van der Waals surface area contributed by atoms with Gasteiger partial charge in [0.05, 0.1) is 6.04 Å². The number of aliphatic carboxylic acids is 1. The van der Waals surface area contributed by atoms with Crippen LogP contribution >= 0.6 is 0 Å². The van der Waals surface area contributed by atoms with E-state index in [0.29, 0.717) is 19.3 Å². The van der Waals surface area contributed by atoms with Gasteiger partial charge in [-0.1, -0.05) is 105 Å². The zero-order chi connectivity index (χ0) is 34.1. The normalized spacial score (nSPS) is 12.9. The zero-order valence-corrected chi connectivity index (χ0v) is 25.7. The summed E-state index contributed by atoms with van der Waals surface area (Å²) in [6.07, 6.45) is -3.31. The molecule has 0 fully saturated rings. The Balaban J connectivity index is 0.000000942. The number of carboxylic acid groups (broad SMARTS) is 1. The number of carboxylic acids is 1. The molecule has 3 rings (SSSR count). The van der Waals surface area contributed by atoms with Gasteiger partial charge in [0.25, 0.3) is 0 Å². The minimum absolute atomic E-state index is 0.100. The van der Waals surface area contributed by atoms with Crippen molar-refractivity contribution in [3.05, 3.63) is 108 Å². The first-order valence-corrected chi connectivity index (χ1v) is 14.7. The fourth-order valence-electron chi connectivity index (χ4n) is 4.22. The number of amides is 2. The highest BCUT2D eigenvalue weighted by Crippen LogP contribution is 2.13. The highest BCUT2D eigenvalue weighted by Gasteiger charge is 2.38. The molecule has 0 heterocycles. The lowest BCUT2D eigenvalue weighted by molar-refractivity contribution is -0.192. The Morgan fingerprint density at radius 3 is 1.70 bits per heavy atom. The standard InChI is InChI=1S/C32H39N3O4.C2HF3O2/c1-23(2)20-28(34-30(36)27(33)19-18-24-12-6-3-7-13-24)31(37)35-29(21-25-14-8-4-9-15-25)32(38)39-22-26-16-10-5-11-17-26;3-2(4,5)1(6)7/h3-17,23,27-29H,18-22,33H2,1-2H3,(H,34,36)(H,35,37);(H,6,7)/t27-,28-,29+;/m1./s1. The van der Waals surface area contributed by atoms with E-state index >= 15 is 0 Å². The minimum atomic E-state index is -5.08. The van der Waals surface area contributed by atoms with Crippen molar-refractivity contribution < 1.29 is 42.2 Å². The second kappa shape index (κ2) is 18.9. The molecule has 0 unspecified atom stereocenters. The number of ether oxygens (including phenoxy) is 1. The van der Waals surface area contributed by atoms with Crippen molar-refractivity contribution >= 4 is 23.8 Å².